The van der Waals surface area contributed by atoms with E-state index in [0.717, 1.165) is 0 Å². The van der Waals surface area contributed by atoms with Gasteiger partial charge in [-0.1, -0.05) is 91.1 Å². The summed E-state index contributed by atoms with van der Waals surface area (Å²) in [5.41, 5.74) is 0. The maximum absolute atomic E-state index is 2.57. The van der Waals surface area contributed by atoms with Crippen LogP contribution in [-0.4, -0.2) is 23.1 Å². The van der Waals surface area contributed by atoms with Gasteiger partial charge in [-0.15, -0.1) is 7.02 Å². The molecule has 0 N–H and O–H groups in total. The summed E-state index contributed by atoms with van der Waals surface area (Å²) in [4.78, 5) is 0. The lowest BCUT2D eigenvalue weighted by Crippen LogP contribution is -2.36. The van der Waals surface area contributed by atoms with Gasteiger partial charge in [0.1, 0.15) is 0 Å². The second-order valence-electron chi connectivity index (χ2n) is 5.00. The van der Waals surface area contributed by atoms with E-state index in [9.17, 15) is 0 Å². The first-order chi connectivity index (χ1) is 9.24. The van der Waals surface area contributed by atoms with E-state index in [1.54, 1.807) is 10.4 Å². The normalized spacial score (nSPS) is 15.7. The van der Waals surface area contributed by atoms with Gasteiger partial charge in [0.15, 0.2) is 0 Å². The summed E-state index contributed by atoms with van der Waals surface area (Å²) in [7, 11) is -1.31. The van der Waals surface area contributed by atoms with E-state index in [4.69, 9.17) is 0 Å². The fourth-order valence-electron chi connectivity index (χ4n) is 2.73. The Kier molecular flexibility index (Phi) is 5.56. The Morgan fingerprint density at radius 1 is 0.737 bits per heavy atom. The Balaban J connectivity index is 2.20. The van der Waals surface area contributed by atoms with Crippen molar-refractivity contribution in [2.24, 2.45) is 0 Å². The Hall–Kier alpha value is -0.696. The molecule has 2 unspecified atom stereocenters. The first-order valence-corrected chi connectivity index (χ1v) is 15.3. The molecule has 2 atom stereocenters. The van der Waals surface area contributed by atoms with E-state index in [1.807, 2.05) is 0 Å². The molecule has 0 amide bonds. The van der Waals surface area contributed by atoms with Crippen LogP contribution in [0, 0.1) is 0 Å². The molecule has 3 heteroatoms. The average Bonchev–Trinajstić information content (AvgIpc) is 2.49. The zero-order chi connectivity index (χ0) is 13.7. The van der Waals surface area contributed by atoms with Crippen molar-refractivity contribution >= 4 is 34.3 Å². The Labute approximate surface area is 121 Å². The predicted octanol–water partition coefficient (Wildman–Crippen LogP) is 3.01. The van der Waals surface area contributed by atoms with Crippen LogP contribution in [0.4, 0.5) is 0 Å². The second-order valence-corrected chi connectivity index (χ2v) is 21.1. The minimum Gasteiger partial charge on any atom is -0.126 e. The zero-order valence-electron chi connectivity index (χ0n) is 12.1. The summed E-state index contributed by atoms with van der Waals surface area (Å²) in [6, 6.07) is 22.5. The van der Waals surface area contributed by atoms with Gasteiger partial charge in [0.25, 0.3) is 0 Å². The van der Waals surface area contributed by atoms with Gasteiger partial charge in [0.05, 0.1) is 16.9 Å². The highest BCUT2D eigenvalue weighted by Gasteiger charge is 2.25. The van der Waals surface area contributed by atoms with Crippen molar-refractivity contribution in [1.29, 1.82) is 0 Å². The average molecular weight is 303 g/mol. The van der Waals surface area contributed by atoms with Crippen molar-refractivity contribution in [3.63, 3.8) is 0 Å². The van der Waals surface area contributed by atoms with Gasteiger partial charge < -0.3 is 0 Å². The Morgan fingerprint density at radius 3 is 1.42 bits per heavy atom. The molecule has 0 spiro atoms. The quantitative estimate of drug-likeness (QED) is 0.588. The van der Waals surface area contributed by atoms with Crippen LogP contribution in [0.3, 0.4) is 0 Å². The van der Waals surface area contributed by atoms with Crippen molar-refractivity contribution in [2.75, 3.05) is 6.16 Å². The maximum atomic E-state index is 2.57. The van der Waals surface area contributed by atoms with Crippen molar-refractivity contribution < 1.29 is 0 Å². The monoisotopic (exact) mass is 302 g/mol. The summed E-state index contributed by atoms with van der Waals surface area (Å²) >= 11 is 0. The van der Waals surface area contributed by atoms with Crippen LogP contribution in [0.1, 0.15) is 6.92 Å². The highest BCUT2D eigenvalue weighted by Crippen LogP contribution is 2.40. The minimum absolute atomic E-state index is 0.244. The van der Waals surface area contributed by atoms with Crippen molar-refractivity contribution in [3.05, 3.63) is 60.7 Å². The van der Waals surface area contributed by atoms with E-state index in [-0.39, 0.29) is 7.02 Å². The molecule has 0 aromatic heterocycles. The van der Waals surface area contributed by atoms with Gasteiger partial charge in [-0.25, -0.2) is 0 Å². The van der Waals surface area contributed by atoms with Crippen LogP contribution in [0.2, 0.25) is 13.1 Å². The summed E-state index contributed by atoms with van der Waals surface area (Å²) in [6.07, 6.45) is 1.40. The number of rotatable bonds is 5. The molecule has 100 valence electrons. The highest BCUT2D eigenvalue weighted by atomic mass is 31.6. The molecule has 0 fully saturated rings. The molecule has 0 aliphatic rings. The SMILES string of the molecule is CCP([SiH](C)c1ccccc1)[SiH](C)c1ccccc1. The van der Waals surface area contributed by atoms with Gasteiger partial charge >= 0.3 is 0 Å². The Bertz CT molecular complexity index is 441. The fraction of sp³-hybridized carbons (Fsp3) is 0.250. The van der Waals surface area contributed by atoms with Gasteiger partial charge in [-0.05, 0) is 6.16 Å². The standard InChI is InChI=1S/C16H23PSi2/c1-4-17(18(2)15-11-7-5-8-12-15)19(3)16-13-9-6-10-14-16/h5-14,18-19H,4H2,1-3H3. The minimum atomic E-state index is -0.777. The summed E-state index contributed by atoms with van der Waals surface area (Å²) in [6.45, 7) is 7.54. The summed E-state index contributed by atoms with van der Waals surface area (Å²) < 4.78 is 0. The maximum Gasteiger partial charge on any atom is 0.0903 e. The molecule has 0 radical (unpaired) electrons. The van der Waals surface area contributed by atoms with Crippen LogP contribution in [0.25, 0.3) is 0 Å². The molecule has 19 heavy (non-hydrogen) atoms. The van der Waals surface area contributed by atoms with E-state index < -0.39 is 16.9 Å². The molecule has 0 saturated carbocycles. The molecule has 2 aromatic carbocycles. The van der Waals surface area contributed by atoms with Gasteiger partial charge in [0.2, 0.25) is 0 Å². The first kappa shape index (κ1) is 14.7. The molecular formula is C16H23PSi2. The molecule has 2 aromatic rings. The van der Waals surface area contributed by atoms with Crippen LogP contribution < -0.4 is 10.4 Å². The van der Waals surface area contributed by atoms with Crippen molar-refractivity contribution in [3.8, 4) is 0 Å². The van der Waals surface area contributed by atoms with Gasteiger partial charge in [-0.2, -0.15) is 0 Å². The van der Waals surface area contributed by atoms with Crippen LogP contribution >= 0.6 is 7.02 Å². The number of benzene rings is 2. The van der Waals surface area contributed by atoms with E-state index >= 15 is 0 Å². The first-order valence-electron chi connectivity index (χ1n) is 7.09. The molecule has 0 nitrogen and oxygen atoms in total. The van der Waals surface area contributed by atoms with E-state index in [2.05, 4.69) is 80.7 Å². The topological polar surface area (TPSA) is 0 Å². The number of hydrogen-bond acceptors (Lipinski definition) is 0. The van der Waals surface area contributed by atoms with E-state index in [1.165, 1.54) is 6.16 Å². The van der Waals surface area contributed by atoms with E-state index in [0.29, 0.717) is 0 Å². The molecule has 0 bridgehead atoms. The molecule has 0 aliphatic carbocycles. The third-order valence-corrected chi connectivity index (χ3v) is 27.3. The third-order valence-electron chi connectivity index (χ3n) is 3.92. The smallest absolute Gasteiger partial charge is 0.0903 e. The Morgan fingerprint density at radius 2 is 1.11 bits per heavy atom. The van der Waals surface area contributed by atoms with Crippen molar-refractivity contribution in [1.82, 2.24) is 0 Å². The zero-order valence-corrected chi connectivity index (χ0v) is 15.3. The molecule has 0 heterocycles. The third kappa shape index (κ3) is 3.65. The molecule has 0 aliphatic heterocycles. The lowest BCUT2D eigenvalue weighted by Gasteiger charge is -2.28. The molecular weight excluding hydrogens is 279 g/mol. The van der Waals surface area contributed by atoms with Crippen LogP contribution in [-0.2, 0) is 0 Å². The van der Waals surface area contributed by atoms with Gasteiger partial charge in [0, 0.05) is 0 Å². The lowest BCUT2D eigenvalue weighted by atomic mass is 10.4. The summed E-state index contributed by atoms with van der Waals surface area (Å²) in [5.74, 6) is 0. The van der Waals surface area contributed by atoms with Crippen LogP contribution in [0.15, 0.2) is 60.7 Å². The second kappa shape index (κ2) is 7.18. The molecule has 2 rings (SSSR count). The predicted molar refractivity (Wildman–Crippen MR) is 95.6 cm³/mol. The molecule has 0 saturated heterocycles. The van der Waals surface area contributed by atoms with Crippen LogP contribution in [0.5, 0.6) is 0 Å². The number of hydrogen-bond donors (Lipinski definition) is 0. The fourth-order valence-corrected chi connectivity index (χ4v) is 24.6. The largest absolute Gasteiger partial charge is 0.126 e. The highest BCUT2D eigenvalue weighted by molar-refractivity contribution is 8.14. The summed E-state index contributed by atoms with van der Waals surface area (Å²) in [5, 5.41) is 3.32. The van der Waals surface area contributed by atoms with Gasteiger partial charge in [-0.3, -0.25) is 0 Å². The lowest BCUT2D eigenvalue weighted by molar-refractivity contribution is 1.52. The van der Waals surface area contributed by atoms with Crippen molar-refractivity contribution in [2.45, 2.75) is 20.0 Å².